The van der Waals surface area contributed by atoms with Crippen LogP contribution in [0.5, 0.6) is 0 Å². The first-order chi connectivity index (χ1) is 12.4. The van der Waals surface area contributed by atoms with E-state index in [4.69, 9.17) is 4.74 Å². The van der Waals surface area contributed by atoms with Gasteiger partial charge in [0.1, 0.15) is 24.9 Å². The number of carbonyl (C=O) groups is 1. The van der Waals surface area contributed by atoms with E-state index in [0.29, 0.717) is 5.70 Å². The summed E-state index contributed by atoms with van der Waals surface area (Å²) in [7, 11) is 0. The first kappa shape index (κ1) is 19.2. The van der Waals surface area contributed by atoms with Gasteiger partial charge in [-0.05, 0) is 18.0 Å². The fraction of sp³-hybridized carbons (Fsp3) is 0.471. The van der Waals surface area contributed by atoms with E-state index in [-0.39, 0.29) is 13.0 Å². The quantitative estimate of drug-likeness (QED) is 0.433. The van der Waals surface area contributed by atoms with Gasteiger partial charge < -0.3 is 34.8 Å². The molecule has 1 aromatic rings. The van der Waals surface area contributed by atoms with Gasteiger partial charge in [0.25, 0.3) is 0 Å². The van der Waals surface area contributed by atoms with E-state index in [9.17, 15) is 25.2 Å². The minimum Gasteiger partial charge on any atom is -0.394 e. The van der Waals surface area contributed by atoms with Gasteiger partial charge in [-0.25, -0.2) is 0 Å². The third-order valence-corrected chi connectivity index (χ3v) is 5.53. The molecule has 0 spiro atoms. The van der Waals surface area contributed by atoms with Crippen molar-refractivity contribution in [2.24, 2.45) is 0 Å². The fourth-order valence-electron chi connectivity index (χ4n) is 2.95. The highest BCUT2D eigenvalue weighted by atomic mass is 32.2. The number of hydrogen-bond donors (Lipinski definition) is 5. The summed E-state index contributed by atoms with van der Waals surface area (Å²) in [4.78, 5) is 13.4. The lowest BCUT2D eigenvalue weighted by atomic mass is 10.0. The molecular weight excluding hydrogens is 360 g/mol. The van der Waals surface area contributed by atoms with Crippen molar-refractivity contribution in [3.63, 3.8) is 0 Å². The van der Waals surface area contributed by atoms with Gasteiger partial charge in [0.15, 0.2) is 6.23 Å². The molecule has 2 aliphatic rings. The Hall–Kier alpha value is -1.62. The van der Waals surface area contributed by atoms with E-state index in [1.165, 1.54) is 11.9 Å². The third kappa shape index (κ3) is 3.88. The van der Waals surface area contributed by atoms with Crippen LogP contribution >= 0.6 is 11.9 Å². The normalized spacial score (nSPS) is 31.5. The van der Waals surface area contributed by atoms with Gasteiger partial charge in [-0.15, -0.1) is 0 Å². The molecule has 0 bridgehead atoms. The topological polar surface area (TPSA) is 122 Å². The number of fused-ring (bicyclic) bond motifs is 1. The predicted molar refractivity (Wildman–Crippen MR) is 94.6 cm³/mol. The Bertz CT molecular complexity index is 687. The first-order valence-corrected chi connectivity index (χ1v) is 9.01. The van der Waals surface area contributed by atoms with E-state index >= 15 is 0 Å². The Labute approximate surface area is 155 Å². The maximum atomic E-state index is 12.4. The molecule has 5 atom stereocenters. The van der Waals surface area contributed by atoms with Crippen LogP contribution in [0.15, 0.2) is 35.7 Å². The minimum absolute atomic E-state index is 0.0142. The van der Waals surface area contributed by atoms with Crippen LogP contribution in [0.4, 0.5) is 0 Å². The van der Waals surface area contributed by atoms with E-state index in [2.05, 4.69) is 11.9 Å². The molecule has 0 aromatic heterocycles. The molecule has 1 fully saturated rings. The lowest BCUT2D eigenvalue weighted by Gasteiger charge is -2.26. The molecule has 3 rings (SSSR count). The van der Waals surface area contributed by atoms with Crippen LogP contribution in [-0.2, 0) is 9.53 Å². The summed E-state index contributed by atoms with van der Waals surface area (Å²) in [5.74, 6) is -0.418. The summed E-state index contributed by atoms with van der Waals surface area (Å²) < 4.78 is 7.12. The lowest BCUT2D eigenvalue weighted by Crippen LogP contribution is -2.49. The SMILES string of the molecule is C=C1c2ccccc2SN1CC(=O)NC1OC(CO)C(O)C(O)CC1O. The number of aliphatic hydroxyl groups excluding tert-OH is 4. The van der Waals surface area contributed by atoms with Crippen molar-refractivity contribution in [2.75, 3.05) is 13.2 Å². The molecule has 0 saturated carbocycles. The Morgan fingerprint density at radius 2 is 2.04 bits per heavy atom. The van der Waals surface area contributed by atoms with Gasteiger partial charge in [0, 0.05) is 22.6 Å². The van der Waals surface area contributed by atoms with Gasteiger partial charge in [0.2, 0.25) is 5.91 Å². The highest BCUT2D eigenvalue weighted by molar-refractivity contribution is 7.97. The zero-order chi connectivity index (χ0) is 18.8. The van der Waals surface area contributed by atoms with E-state index < -0.39 is 43.2 Å². The summed E-state index contributed by atoms with van der Waals surface area (Å²) >= 11 is 1.40. The molecule has 9 heteroatoms. The van der Waals surface area contributed by atoms with Gasteiger partial charge >= 0.3 is 0 Å². The zero-order valence-electron chi connectivity index (χ0n) is 14.0. The standard InChI is InChI=1S/C17H22N2O6S/c1-9-10-4-2-3-5-14(10)26-19(9)7-15(23)18-17-12(22)6-11(21)16(24)13(8-20)25-17/h2-5,11-13,16-17,20-22,24H,1,6-8H2,(H,18,23). The second kappa shape index (κ2) is 7.95. The smallest absolute Gasteiger partial charge is 0.242 e. The summed E-state index contributed by atoms with van der Waals surface area (Å²) in [6, 6.07) is 7.67. The Morgan fingerprint density at radius 1 is 1.31 bits per heavy atom. The average Bonchev–Trinajstić information content (AvgIpc) is 2.88. The Balaban J connectivity index is 1.62. The van der Waals surface area contributed by atoms with Crippen LogP contribution in [0.2, 0.25) is 0 Å². The highest BCUT2D eigenvalue weighted by Gasteiger charge is 2.38. The second-order valence-electron chi connectivity index (χ2n) is 6.28. The number of carbonyl (C=O) groups excluding carboxylic acids is 1. The van der Waals surface area contributed by atoms with E-state index in [1.807, 2.05) is 24.3 Å². The zero-order valence-corrected chi connectivity index (χ0v) is 14.8. The van der Waals surface area contributed by atoms with Crippen LogP contribution in [0.3, 0.4) is 0 Å². The van der Waals surface area contributed by atoms with Crippen molar-refractivity contribution >= 4 is 23.6 Å². The summed E-state index contributed by atoms with van der Waals surface area (Å²) in [6.07, 6.45) is -6.25. The molecule has 8 nitrogen and oxygen atoms in total. The van der Waals surface area contributed by atoms with Crippen molar-refractivity contribution in [1.29, 1.82) is 0 Å². The molecule has 1 amide bonds. The number of amides is 1. The summed E-state index contributed by atoms with van der Waals surface area (Å²) in [6.45, 7) is 3.43. The summed E-state index contributed by atoms with van der Waals surface area (Å²) in [5.41, 5.74) is 1.67. The van der Waals surface area contributed by atoms with Crippen LogP contribution in [0.25, 0.3) is 5.70 Å². The van der Waals surface area contributed by atoms with Crippen LogP contribution < -0.4 is 5.32 Å². The van der Waals surface area contributed by atoms with Crippen LogP contribution in [-0.4, -0.2) is 74.4 Å². The molecule has 2 aliphatic heterocycles. The van der Waals surface area contributed by atoms with Crippen LogP contribution in [0, 0.1) is 0 Å². The maximum Gasteiger partial charge on any atom is 0.242 e. The van der Waals surface area contributed by atoms with Crippen molar-refractivity contribution in [1.82, 2.24) is 9.62 Å². The largest absolute Gasteiger partial charge is 0.394 e. The average molecular weight is 382 g/mol. The molecule has 5 unspecified atom stereocenters. The lowest BCUT2D eigenvalue weighted by molar-refractivity contribution is -0.145. The molecule has 26 heavy (non-hydrogen) atoms. The fourth-order valence-corrected chi connectivity index (χ4v) is 4.01. The van der Waals surface area contributed by atoms with Crippen molar-refractivity contribution in [3.8, 4) is 0 Å². The monoisotopic (exact) mass is 382 g/mol. The van der Waals surface area contributed by atoms with Gasteiger partial charge in [-0.2, -0.15) is 0 Å². The molecule has 5 N–H and O–H groups in total. The van der Waals surface area contributed by atoms with Gasteiger partial charge in [0.05, 0.1) is 12.7 Å². The predicted octanol–water partition coefficient (Wildman–Crippen LogP) is -0.714. The molecule has 0 radical (unpaired) electrons. The molecule has 142 valence electrons. The second-order valence-corrected chi connectivity index (χ2v) is 7.34. The van der Waals surface area contributed by atoms with Crippen molar-refractivity contribution < 1.29 is 30.0 Å². The number of ether oxygens (including phenoxy) is 1. The van der Waals surface area contributed by atoms with E-state index in [1.54, 1.807) is 4.31 Å². The third-order valence-electron chi connectivity index (χ3n) is 4.41. The Kier molecular flexibility index (Phi) is 5.86. The molecular formula is C17H22N2O6S. The number of nitrogens with one attached hydrogen (secondary N) is 1. The van der Waals surface area contributed by atoms with Crippen molar-refractivity contribution in [3.05, 3.63) is 36.4 Å². The summed E-state index contributed by atoms with van der Waals surface area (Å²) in [5, 5.41) is 41.6. The van der Waals surface area contributed by atoms with E-state index in [0.717, 1.165) is 10.5 Å². The number of rotatable bonds is 4. The molecule has 1 aromatic carbocycles. The number of nitrogens with zero attached hydrogens (tertiary/aromatic N) is 1. The van der Waals surface area contributed by atoms with Crippen molar-refractivity contribution in [2.45, 2.75) is 42.0 Å². The number of benzene rings is 1. The highest BCUT2D eigenvalue weighted by Crippen LogP contribution is 2.41. The molecule has 0 aliphatic carbocycles. The Morgan fingerprint density at radius 3 is 2.73 bits per heavy atom. The molecule has 2 heterocycles. The van der Waals surface area contributed by atoms with Gasteiger partial charge in [-0.1, -0.05) is 24.8 Å². The van der Waals surface area contributed by atoms with Gasteiger partial charge in [-0.3, -0.25) is 4.79 Å². The van der Waals surface area contributed by atoms with Crippen LogP contribution in [0.1, 0.15) is 12.0 Å². The minimum atomic E-state index is -1.35. The number of hydrogen-bond acceptors (Lipinski definition) is 8. The number of aliphatic hydroxyl groups is 4. The maximum absolute atomic E-state index is 12.4. The first-order valence-electron chi connectivity index (χ1n) is 8.24. The molecule has 1 saturated heterocycles.